The molecule has 2 heterocycles. The number of methoxy groups -OCH3 is 1. The van der Waals surface area contributed by atoms with E-state index in [2.05, 4.69) is 14.9 Å². The van der Waals surface area contributed by atoms with E-state index in [1.165, 1.54) is 6.33 Å². The molecule has 1 atom stereocenters. The number of rotatable bonds is 5. The number of amides is 1. The summed E-state index contributed by atoms with van der Waals surface area (Å²) in [5.41, 5.74) is 0.528. The molecule has 1 aliphatic rings. The van der Waals surface area contributed by atoms with E-state index in [-0.39, 0.29) is 11.9 Å². The number of ether oxygens (including phenoxy) is 2. The molecule has 4 rings (SSSR count). The van der Waals surface area contributed by atoms with Gasteiger partial charge in [-0.15, -0.1) is 0 Å². The largest absolute Gasteiger partial charge is 0.497 e. The van der Waals surface area contributed by atoms with Crippen LogP contribution in [-0.2, 0) is 0 Å². The molecule has 3 aromatic rings. The van der Waals surface area contributed by atoms with Crippen molar-refractivity contribution in [3.05, 3.63) is 71.5 Å². The van der Waals surface area contributed by atoms with Gasteiger partial charge in [-0.2, -0.15) is 0 Å². The van der Waals surface area contributed by atoms with Gasteiger partial charge in [0, 0.05) is 37.8 Å². The molecular formula is C23H23ClN4O3. The number of hydrogen-bond acceptors (Lipinski definition) is 6. The van der Waals surface area contributed by atoms with Crippen LogP contribution in [0.15, 0.2) is 60.9 Å². The molecule has 31 heavy (non-hydrogen) atoms. The molecule has 0 bridgehead atoms. The lowest BCUT2D eigenvalue weighted by Crippen LogP contribution is -2.54. The Bertz CT molecular complexity index is 1080. The average Bonchev–Trinajstić information content (AvgIpc) is 2.79. The van der Waals surface area contributed by atoms with Gasteiger partial charge in [0.1, 0.15) is 23.6 Å². The van der Waals surface area contributed by atoms with Crippen LogP contribution in [0, 0.1) is 0 Å². The number of nitrogens with zero attached hydrogens (tertiary/aromatic N) is 4. The summed E-state index contributed by atoms with van der Waals surface area (Å²) in [6.07, 6.45) is 1.48. The van der Waals surface area contributed by atoms with Gasteiger partial charge in [0.15, 0.2) is 0 Å². The summed E-state index contributed by atoms with van der Waals surface area (Å²) in [4.78, 5) is 25.5. The summed E-state index contributed by atoms with van der Waals surface area (Å²) in [5.74, 6) is 2.49. The van der Waals surface area contributed by atoms with E-state index in [0.717, 1.165) is 5.82 Å². The molecule has 1 aromatic heterocycles. The highest BCUT2D eigenvalue weighted by Gasteiger charge is 2.29. The van der Waals surface area contributed by atoms with Gasteiger partial charge < -0.3 is 19.3 Å². The van der Waals surface area contributed by atoms with Crippen molar-refractivity contribution in [3.63, 3.8) is 0 Å². The van der Waals surface area contributed by atoms with Crippen LogP contribution in [0.5, 0.6) is 17.4 Å². The van der Waals surface area contributed by atoms with Crippen molar-refractivity contribution < 1.29 is 14.3 Å². The molecule has 0 radical (unpaired) electrons. The third-order valence-corrected chi connectivity index (χ3v) is 5.54. The van der Waals surface area contributed by atoms with Crippen LogP contribution in [0.3, 0.4) is 0 Å². The third-order valence-electron chi connectivity index (χ3n) is 5.21. The zero-order chi connectivity index (χ0) is 21.8. The predicted octanol–water partition coefficient (Wildman–Crippen LogP) is 4.28. The van der Waals surface area contributed by atoms with Crippen LogP contribution >= 0.6 is 11.6 Å². The van der Waals surface area contributed by atoms with Crippen molar-refractivity contribution in [2.75, 3.05) is 31.6 Å². The molecule has 1 fully saturated rings. The molecule has 1 aliphatic heterocycles. The first-order chi connectivity index (χ1) is 15.0. The van der Waals surface area contributed by atoms with Gasteiger partial charge >= 0.3 is 0 Å². The second kappa shape index (κ2) is 9.22. The van der Waals surface area contributed by atoms with E-state index in [1.807, 2.05) is 42.2 Å². The maximum absolute atomic E-state index is 13.0. The van der Waals surface area contributed by atoms with Crippen molar-refractivity contribution in [3.8, 4) is 17.4 Å². The molecule has 1 amide bonds. The monoisotopic (exact) mass is 438 g/mol. The lowest BCUT2D eigenvalue weighted by Gasteiger charge is -2.40. The Morgan fingerprint density at radius 1 is 1.06 bits per heavy atom. The lowest BCUT2D eigenvalue weighted by molar-refractivity contribution is 0.0674. The fourth-order valence-electron chi connectivity index (χ4n) is 3.60. The first kappa shape index (κ1) is 20.9. The first-order valence-electron chi connectivity index (χ1n) is 9.99. The third kappa shape index (κ3) is 4.72. The number of halogens is 1. The molecule has 8 heteroatoms. The van der Waals surface area contributed by atoms with Crippen LogP contribution in [-0.4, -0.2) is 53.6 Å². The summed E-state index contributed by atoms with van der Waals surface area (Å²) in [6, 6.07) is 16.3. The van der Waals surface area contributed by atoms with Gasteiger partial charge in [-0.05, 0) is 31.2 Å². The average molecular weight is 439 g/mol. The second-order valence-corrected chi connectivity index (χ2v) is 7.68. The van der Waals surface area contributed by atoms with Gasteiger partial charge in [0.25, 0.3) is 5.91 Å². The molecule has 2 aromatic carbocycles. The molecule has 0 unspecified atom stereocenters. The first-order valence-corrected chi connectivity index (χ1v) is 10.4. The Labute approximate surface area is 186 Å². The molecule has 160 valence electrons. The standard InChI is InChI=1S/C23H23ClN4O3/c1-16-14-27(10-11-28(16)23(29)19-8-3-4-9-20(19)24)21-13-22(26-15-25-21)31-18-7-5-6-17(12-18)30-2/h3-9,12-13,15-16H,10-11,14H2,1-2H3/t16-/m1/s1. The molecule has 0 spiro atoms. The molecule has 0 aliphatic carbocycles. The number of benzene rings is 2. The van der Waals surface area contributed by atoms with Crippen molar-refractivity contribution in [1.82, 2.24) is 14.9 Å². The number of hydrogen-bond donors (Lipinski definition) is 0. The number of piperazine rings is 1. The van der Waals surface area contributed by atoms with Crippen molar-refractivity contribution in [1.29, 1.82) is 0 Å². The van der Waals surface area contributed by atoms with E-state index >= 15 is 0 Å². The van der Waals surface area contributed by atoms with Crippen LogP contribution in [0.1, 0.15) is 17.3 Å². The highest BCUT2D eigenvalue weighted by Crippen LogP contribution is 2.27. The predicted molar refractivity (Wildman–Crippen MR) is 119 cm³/mol. The summed E-state index contributed by atoms with van der Waals surface area (Å²) >= 11 is 6.22. The van der Waals surface area contributed by atoms with E-state index < -0.39 is 0 Å². The normalized spacial score (nSPS) is 16.2. The number of anilines is 1. The minimum Gasteiger partial charge on any atom is -0.497 e. The Kier molecular flexibility index (Phi) is 6.23. The van der Waals surface area contributed by atoms with Crippen LogP contribution in [0.4, 0.5) is 5.82 Å². The minimum atomic E-state index is -0.0533. The van der Waals surface area contributed by atoms with Gasteiger partial charge in [-0.1, -0.05) is 29.8 Å². The van der Waals surface area contributed by atoms with E-state index in [9.17, 15) is 4.79 Å². The summed E-state index contributed by atoms with van der Waals surface area (Å²) in [5, 5.41) is 0.470. The maximum atomic E-state index is 13.0. The lowest BCUT2D eigenvalue weighted by atomic mass is 10.1. The molecule has 7 nitrogen and oxygen atoms in total. The smallest absolute Gasteiger partial charge is 0.255 e. The highest BCUT2D eigenvalue weighted by molar-refractivity contribution is 6.33. The van der Waals surface area contributed by atoms with Gasteiger partial charge in [0.2, 0.25) is 5.88 Å². The Hall–Kier alpha value is -3.32. The summed E-state index contributed by atoms with van der Waals surface area (Å²) < 4.78 is 11.1. The van der Waals surface area contributed by atoms with Crippen molar-refractivity contribution in [2.45, 2.75) is 13.0 Å². The molecular weight excluding hydrogens is 416 g/mol. The van der Waals surface area contributed by atoms with Crippen LogP contribution in [0.2, 0.25) is 5.02 Å². The fraction of sp³-hybridized carbons (Fsp3) is 0.261. The SMILES string of the molecule is COc1cccc(Oc2cc(N3CCN(C(=O)c4ccccc4Cl)[C@H](C)C3)ncn2)c1. The Morgan fingerprint density at radius 3 is 2.65 bits per heavy atom. The van der Waals surface area contributed by atoms with Crippen molar-refractivity contribution >= 4 is 23.3 Å². The van der Waals surface area contributed by atoms with Gasteiger partial charge in [0.05, 0.1) is 17.7 Å². The topological polar surface area (TPSA) is 67.8 Å². The molecule has 1 saturated heterocycles. The van der Waals surface area contributed by atoms with Gasteiger partial charge in [-0.3, -0.25) is 4.79 Å². The highest BCUT2D eigenvalue weighted by atomic mass is 35.5. The van der Waals surface area contributed by atoms with Gasteiger partial charge in [-0.25, -0.2) is 9.97 Å². The zero-order valence-electron chi connectivity index (χ0n) is 17.4. The Balaban J connectivity index is 1.45. The zero-order valence-corrected chi connectivity index (χ0v) is 18.1. The minimum absolute atomic E-state index is 0.00441. The van der Waals surface area contributed by atoms with Crippen molar-refractivity contribution in [2.24, 2.45) is 0 Å². The molecule has 0 saturated carbocycles. The number of aromatic nitrogens is 2. The number of carbonyl (C=O) groups excluding carboxylic acids is 1. The fourth-order valence-corrected chi connectivity index (χ4v) is 3.82. The summed E-state index contributed by atoms with van der Waals surface area (Å²) in [7, 11) is 1.61. The molecule has 0 N–H and O–H groups in total. The second-order valence-electron chi connectivity index (χ2n) is 7.27. The number of carbonyl (C=O) groups is 1. The van der Waals surface area contributed by atoms with E-state index in [1.54, 1.807) is 31.4 Å². The van der Waals surface area contributed by atoms with Crippen LogP contribution < -0.4 is 14.4 Å². The summed E-state index contributed by atoms with van der Waals surface area (Å²) in [6.45, 7) is 3.89. The maximum Gasteiger partial charge on any atom is 0.255 e. The van der Waals surface area contributed by atoms with Crippen LogP contribution in [0.25, 0.3) is 0 Å². The Morgan fingerprint density at radius 2 is 1.87 bits per heavy atom. The van der Waals surface area contributed by atoms with E-state index in [4.69, 9.17) is 21.1 Å². The quantitative estimate of drug-likeness (QED) is 0.592. The van der Waals surface area contributed by atoms with E-state index in [0.29, 0.717) is 47.6 Å².